The maximum Gasteiger partial charge on any atom is 0.435 e. The van der Waals surface area contributed by atoms with Gasteiger partial charge in [0.2, 0.25) is 0 Å². The first-order valence-electron chi connectivity index (χ1n) is 4.97. The van der Waals surface area contributed by atoms with Crippen LogP contribution in [0.25, 0.3) is 0 Å². The van der Waals surface area contributed by atoms with Gasteiger partial charge in [0.05, 0.1) is 11.6 Å². The highest BCUT2D eigenvalue weighted by molar-refractivity contribution is 5.76. The summed E-state index contributed by atoms with van der Waals surface area (Å²) in [4.78, 5) is 10.6. The Morgan fingerprint density at radius 2 is 2.18 bits per heavy atom. The maximum absolute atomic E-state index is 12.5. The van der Waals surface area contributed by atoms with E-state index in [1.54, 1.807) is 12.2 Å². The van der Waals surface area contributed by atoms with E-state index in [-0.39, 0.29) is 12.3 Å². The molecule has 1 aliphatic rings. The van der Waals surface area contributed by atoms with Crippen molar-refractivity contribution < 1.29 is 18.0 Å². The summed E-state index contributed by atoms with van der Waals surface area (Å²) in [6, 6.07) is -0.269. The van der Waals surface area contributed by atoms with E-state index in [4.69, 9.17) is 0 Å². The second-order valence-corrected chi connectivity index (χ2v) is 3.64. The summed E-state index contributed by atoms with van der Waals surface area (Å²) in [6.07, 6.45) is 4.39. The molecular weight excluding hydrogens is 233 g/mol. The van der Waals surface area contributed by atoms with Crippen LogP contribution < -0.4 is 0 Å². The predicted octanol–water partition coefficient (Wildman–Crippen LogP) is 2.77. The van der Waals surface area contributed by atoms with E-state index in [1.165, 1.54) is 4.68 Å². The van der Waals surface area contributed by atoms with Gasteiger partial charge >= 0.3 is 6.18 Å². The molecule has 1 atom stereocenters. The Morgan fingerprint density at radius 3 is 2.65 bits per heavy atom. The molecular formula is C11H9F3N2O. The van der Waals surface area contributed by atoms with Crippen LogP contribution in [0, 0.1) is 0 Å². The van der Waals surface area contributed by atoms with Crippen LogP contribution in [0.4, 0.5) is 13.2 Å². The Balaban J connectivity index is 2.37. The Bertz CT molecular complexity index is 485. The minimum absolute atomic E-state index is 0.175. The van der Waals surface area contributed by atoms with Gasteiger partial charge in [-0.05, 0) is 6.42 Å². The van der Waals surface area contributed by atoms with Crippen LogP contribution >= 0.6 is 0 Å². The van der Waals surface area contributed by atoms with Gasteiger partial charge in [0.25, 0.3) is 0 Å². The first-order valence-corrected chi connectivity index (χ1v) is 4.97. The number of alkyl halides is 3. The molecule has 0 N–H and O–H groups in total. The molecule has 90 valence electrons. The first-order chi connectivity index (χ1) is 8.02. The number of hydrogen-bond acceptors (Lipinski definition) is 2. The van der Waals surface area contributed by atoms with Gasteiger partial charge in [-0.1, -0.05) is 24.3 Å². The lowest BCUT2D eigenvalue weighted by atomic mass is 10.1. The molecule has 6 heteroatoms. The summed E-state index contributed by atoms with van der Waals surface area (Å²) < 4.78 is 38.8. The molecule has 1 unspecified atom stereocenters. The number of halogens is 3. The number of carbonyl (C=O) groups excluding carboxylic acids is 1. The summed E-state index contributed by atoms with van der Waals surface area (Å²) in [5.41, 5.74) is -1.56. The van der Waals surface area contributed by atoms with Crippen LogP contribution in [0.2, 0.25) is 0 Å². The van der Waals surface area contributed by atoms with Crippen molar-refractivity contribution in [2.45, 2.75) is 18.6 Å². The molecule has 0 aliphatic heterocycles. The minimum atomic E-state index is -4.60. The van der Waals surface area contributed by atoms with E-state index < -0.39 is 17.4 Å². The highest BCUT2D eigenvalue weighted by atomic mass is 19.4. The van der Waals surface area contributed by atoms with Gasteiger partial charge in [0.1, 0.15) is 0 Å². The molecule has 0 bridgehead atoms. The van der Waals surface area contributed by atoms with Crippen molar-refractivity contribution in [3.8, 4) is 0 Å². The third kappa shape index (κ3) is 2.30. The average Bonchev–Trinajstić information content (AvgIpc) is 2.74. The molecule has 17 heavy (non-hydrogen) atoms. The van der Waals surface area contributed by atoms with Gasteiger partial charge in [-0.25, -0.2) is 0 Å². The topological polar surface area (TPSA) is 34.9 Å². The van der Waals surface area contributed by atoms with Crippen LogP contribution in [0.1, 0.15) is 28.5 Å². The molecule has 1 aromatic rings. The Labute approximate surface area is 95.2 Å². The number of aldehydes is 1. The molecule has 1 heterocycles. The highest BCUT2D eigenvalue weighted by Crippen LogP contribution is 2.31. The number of carbonyl (C=O) groups is 1. The zero-order valence-corrected chi connectivity index (χ0v) is 8.69. The largest absolute Gasteiger partial charge is 0.435 e. The standard InChI is InChI=1S/C11H9F3N2O/c12-11(13,14)10-8(7-17)6-16(15-10)9-4-2-1-3-5-9/h1-4,6-7,9H,5H2. The van der Waals surface area contributed by atoms with Gasteiger partial charge < -0.3 is 0 Å². The molecule has 0 aromatic carbocycles. The van der Waals surface area contributed by atoms with Crippen molar-refractivity contribution in [2.24, 2.45) is 0 Å². The lowest BCUT2D eigenvalue weighted by molar-refractivity contribution is -0.141. The molecule has 0 saturated carbocycles. The van der Waals surface area contributed by atoms with Crippen molar-refractivity contribution in [1.82, 2.24) is 9.78 Å². The summed E-state index contributed by atoms with van der Waals surface area (Å²) in [7, 11) is 0. The fraction of sp³-hybridized carbons (Fsp3) is 0.273. The summed E-state index contributed by atoms with van der Waals surface area (Å²) in [6.45, 7) is 0. The van der Waals surface area contributed by atoms with E-state index in [2.05, 4.69) is 5.10 Å². The van der Waals surface area contributed by atoms with Gasteiger partial charge in [0.15, 0.2) is 12.0 Å². The van der Waals surface area contributed by atoms with Crippen LogP contribution in [0.5, 0.6) is 0 Å². The normalized spacial score (nSPS) is 19.6. The summed E-state index contributed by atoms with van der Waals surface area (Å²) >= 11 is 0. The van der Waals surface area contributed by atoms with Crippen molar-refractivity contribution in [1.29, 1.82) is 0 Å². The molecule has 0 saturated heterocycles. The number of nitrogens with zero attached hydrogens (tertiary/aromatic N) is 2. The third-order valence-corrected chi connectivity index (χ3v) is 2.45. The van der Waals surface area contributed by atoms with Crippen molar-refractivity contribution in [2.75, 3.05) is 0 Å². The maximum atomic E-state index is 12.5. The average molecular weight is 242 g/mol. The fourth-order valence-corrected chi connectivity index (χ4v) is 1.65. The van der Waals surface area contributed by atoms with Gasteiger partial charge in [-0.15, -0.1) is 0 Å². The zero-order chi connectivity index (χ0) is 12.5. The van der Waals surface area contributed by atoms with E-state index in [0.717, 1.165) is 6.20 Å². The van der Waals surface area contributed by atoms with E-state index in [1.807, 2.05) is 12.2 Å². The van der Waals surface area contributed by atoms with Gasteiger partial charge in [-0.2, -0.15) is 18.3 Å². The second-order valence-electron chi connectivity index (χ2n) is 3.64. The molecule has 1 aliphatic carbocycles. The molecule has 1 aromatic heterocycles. The Morgan fingerprint density at radius 1 is 1.41 bits per heavy atom. The first kappa shape index (κ1) is 11.6. The Kier molecular flexibility index (Phi) is 2.87. The molecule has 0 radical (unpaired) electrons. The summed E-state index contributed by atoms with van der Waals surface area (Å²) in [5.74, 6) is 0. The van der Waals surface area contributed by atoms with E-state index in [0.29, 0.717) is 6.42 Å². The summed E-state index contributed by atoms with van der Waals surface area (Å²) in [5, 5.41) is 3.45. The number of hydrogen-bond donors (Lipinski definition) is 0. The molecule has 0 amide bonds. The monoisotopic (exact) mass is 242 g/mol. The highest BCUT2D eigenvalue weighted by Gasteiger charge is 2.37. The molecule has 0 fully saturated rings. The quantitative estimate of drug-likeness (QED) is 0.747. The van der Waals surface area contributed by atoms with Crippen molar-refractivity contribution in [3.05, 3.63) is 41.8 Å². The Hall–Kier alpha value is -1.85. The van der Waals surface area contributed by atoms with Crippen LogP contribution in [0.15, 0.2) is 30.5 Å². The minimum Gasteiger partial charge on any atom is -0.298 e. The zero-order valence-electron chi connectivity index (χ0n) is 8.69. The third-order valence-electron chi connectivity index (χ3n) is 2.45. The fourth-order valence-electron chi connectivity index (χ4n) is 1.65. The smallest absolute Gasteiger partial charge is 0.298 e. The van der Waals surface area contributed by atoms with Crippen LogP contribution in [-0.2, 0) is 6.18 Å². The van der Waals surface area contributed by atoms with Crippen molar-refractivity contribution in [3.63, 3.8) is 0 Å². The lowest BCUT2D eigenvalue weighted by Crippen LogP contribution is -2.12. The molecule has 3 nitrogen and oxygen atoms in total. The number of rotatable bonds is 2. The SMILES string of the molecule is O=Cc1cn(C2C=CC=CC2)nc1C(F)(F)F. The van der Waals surface area contributed by atoms with Gasteiger partial charge in [-0.3, -0.25) is 9.48 Å². The van der Waals surface area contributed by atoms with E-state index >= 15 is 0 Å². The molecule has 2 rings (SSSR count). The predicted molar refractivity (Wildman–Crippen MR) is 54.6 cm³/mol. The van der Waals surface area contributed by atoms with Gasteiger partial charge in [0, 0.05) is 6.20 Å². The number of allylic oxidation sites excluding steroid dienone is 4. The lowest BCUT2D eigenvalue weighted by Gasteiger charge is -2.13. The van der Waals surface area contributed by atoms with Crippen LogP contribution in [-0.4, -0.2) is 16.1 Å². The van der Waals surface area contributed by atoms with Crippen LogP contribution in [0.3, 0.4) is 0 Å². The molecule has 0 spiro atoms. The van der Waals surface area contributed by atoms with Crippen molar-refractivity contribution >= 4 is 6.29 Å². The van der Waals surface area contributed by atoms with E-state index in [9.17, 15) is 18.0 Å². The second kappa shape index (κ2) is 4.20. The number of aromatic nitrogens is 2.